The van der Waals surface area contributed by atoms with Crippen molar-refractivity contribution in [3.05, 3.63) is 47.0 Å². The molecule has 2 aromatic rings. The fourth-order valence-electron chi connectivity index (χ4n) is 3.28. The lowest BCUT2D eigenvalue weighted by Gasteiger charge is -2.30. The number of methoxy groups -OCH3 is 3. The van der Waals surface area contributed by atoms with Crippen LogP contribution in [0.1, 0.15) is 16.7 Å². The van der Waals surface area contributed by atoms with Gasteiger partial charge in [-0.25, -0.2) is 0 Å². The van der Waals surface area contributed by atoms with E-state index in [0.29, 0.717) is 36.7 Å². The van der Waals surface area contributed by atoms with E-state index in [2.05, 4.69) is 0 Å². The van der Waals surface area contributed by atoms with Crippen LogP contribution < -0.4 is 19.9 Å². The zero-order valence-electron chi connectivity index (χ0n) is 15.4. The molecule has 0 bridgehead atoms. The van der Waals surface area contributed by atoms with Crippen molar-refractivity contribution in [2.75, 3.05) is 33.6 Å². The molecule has 6 nitrogen and oxygen atoms in total. The first-order chi connectivity index (χ1) is 12.5. The van der Waals surface area contributed by atoms with Crippen molar-refractivity contribution in [1.82, 2.24) is 4.90 Å². The summed E-state index contributed by atoms with van der Waals surface area (Å²) in [6.45, 7) is 1.26. The highest BCUT2D eigenvalue weighted by Crippen LogP contribution is 2.33. The largest absolute Gasteiger partial charge is 0.495 e. The Morgan fingerprint density at radius 3 is 2.27 bits per heavy atom. The van der Waals surface area contributed by atoms with Crippen LogP contribution in [0.15, 0.2) is 30.3 Å². The Morgan fingerprint density at radius 1 is 1.00 bits per heavy atom. The molecule has 0 aromatic heterocycles. The number of carbonyl (C=O) groups is 1. The van der Waals surface area contributed by atoms with E-state index in [-0.39, 0.29) is 5.91 Å². The second-order valence-corrected chi connectivity index (χ2v) is 6.29. The number of rotatable bonds is 5. The molecule has 2 aromatic carbocycles. The summed E-state index contributed by atoms with van der Waals surface area (Å²) >= 11 is 0. The smallest absolute Gasteiger partial charge is 0.227 e. The Bertz CT molecular complexity index is 820. The number of fused-ring (bicyclic) bond motifs is 1. The number of hydrogen-bond acceptors (Lipinski definition) is 5. The first-order valence-electron chi connectivity index (χ1n) is 8.49. The second-order valence-electron chi connectivity index (χ2n) is 6.29. The molecule has 1 heterocycles. The third-order valence-electron chi connectivity index (χ3n) is 4.72. The molecule has 0 atom stereocenters. The highest BCUT2D eigenvalue weighted by atomic mass is 16.5. The summed E-state index contributed by atoms with van der Waals surface area (Å²) in [5.74, 6) is 2.10. The summed E-state index contributed by atoms with van der Waals surface area (Å²) in [5.41, 5.74) is 9.64. The average molecular weight is 356 g/mol. The van der Waals surface area contributed by atoms with Crippen LogP contribution in [-0.4, -0.2) is 38.7 Å². The number of nitrogens with two attached hydrogens (primary N) is 1. The second kappa shape index (κ2) is 7.56. The molecule has 0 unspecified atom stereocenters. The molecule has 3 rings (SSSR count). The topological polar surface area (TPSA) is 74.0 Å². The number of hydrogen-bond donors (Lipinski definition) is 1. The van der Waals surface area contributed by atoms with E-state index >= 15 is 0 Å². The lowest BCUT2D eigenvalue weighted by atomic mass is 9.98. The zero-order chi connectivity index (χ0) is 18.7. The third-order valence-corrected chi connectivity index (χ3v) is 4.72. The first kappa shape index (κ1) is 17.9. The van der Waals surface area contributed by atoms with Crippen LogP contribution in [0.25, 0.3) is 0 Å². The molecule has 0 saturated heterocycles. The molecule has 1 aliphatic rings. The molecule has 0 aliphatic carbocycles. The van der Waals surface area contributed by atoms with E-state index in [1.165, 1.54) is 5.56 Å². The summed E-state index contributed by atoms with van der Waals surface area (Å²) in [4.78, 5) is 14.6. The van der Waals surface area contributed by atoms with Crippen LogP contribution in [0.2, 0.25) is 0 Å². The van der Waals surface area contributed by atoms with Crippen molar-refractivity contribution in [3.8, 4) is 17.2 Å². The predicted octanol–water partition coefficient (Wildman–Crippen LogP) is 2.42. The maximum absolute atomic E-state index is 12.7. The Hall–Kier alpha value is -2.89. The number of carbonyl (C=O) groups excluding carboxylic acids is 1. The maximum atomic E-state index is 12.7. The Labute approximate surface area is 153 Å². The van der Waals surface area contributed by atoms with E-state index in [1.54, 1.807) is 33.5 Å². The standard InChI is InChI=1S/C20H24N2O4/c1-24-17-5-4-13(8-16(17)21)9-20(23)22-7-6-14-10-18(25-2)19(26-3)11-15(14)12-22/h4-5,8,10-11H,6-7,9,12,21H2,1-3H3. The zero-order valence-corrected chi connectivity index (χ0v) is 15.4. The van der Waals surface area contributed by atoms with Crippen molar-refractivity contribution < 1.29 is 19.0 Å². The van der Waals surface area contributed by atoms with Gasteiger partial charge in [0.2, 0.25) is 5.91 Å². The van der Waals surface area contributed by atoms with Gasteiger partial charge in [-0.05, 0) is 47.4 Å². The predicted molar refractivity (Wildman–Crippen MR) is 99.8 cm³/mol. The average Bonchev–Trinajstić information content (AvgIpc) is 2.66. The molecule has 0 radical (unpaired) electrons. The maximum Gasteiger partial charge on any atom is 0.227 e. The molecular weight excluding hydrogens is 332 g/mol. The lowest BCUT2D eigenvalue weighted by Crippen LogP contribution is -2.37. The van der Waals surface area contributed by atoms with Crippen molar-refractivity contribution in [2.45, 2.75) is 19.4 Å². The Kier molecular flexibility index (Phi) is 5.21. The summed E-state index contributed by atoms with van der Waals surface area (Å²) in [5, 5.41) is 0. The van der Waals surface area contributed by atoms with Gasteiger partial charge < -0.3 is 24.8 Å². The molecule has 0 saturated carbocycles. The quantitative estimate of drug-likeness (QED) is 0.833. The Balaban J connectivity index is 1.73. The molecule has 0 fully saturated rings. The molecule has 6 heteroatoms. The van der Waals surface area contributed by atoms with Crippen LogP contribution >= 0.6 is 0 Å². The van der Waals surface area contributed by atoms with E-state index in [0.717, 1.165) is 23.3 Å². The molecular formula is C20H24N2O4. The van der Waals surface area contributed by atoms with Crippen LogP contribution in [0.3, 0.4) is 0 Å². The fraction of sp³-hybridized carbons (Fsp3) is 0.350. The number of benzene rings is 2. The number of amides is 1. The van der Waals surface area contributed by atoms with Crippen LogP contribution in [0, 0.1) is 0 Å². The molecule has 0 spiro atoms. The van der Waals surface area contributed by atoms with Gasteiger partial charge in [0.15, 0.2) is 11.5 Å². The highest BCUT2D eigenvalue weighted by molar-refractivity contribution is 5.79. The van der Waals surface area contributed by atoms with Crippen LogP contribution in [0.4, 0.5) is 5.69 Å². The normalized spacial score (nSPS) is 13.1. The van der Waals surface area contributed by atoms with Gasteiger partial charge in [-0.15, -0.1) is 0 Å². The van der Waals surface area contributed by atoms with E-state index in [1.807, 2.05) is 23.1 Å². The molecule has 26 heavy (non-hydrogen) atoms. The minimum atomic E-state index is 0.0787. The van der Waals surface area contributed by atoms with E-state index in [4.69, 9.17) is 19.9 Å². The van der Waals surface area contributed by atoms with Crippen molar-refractivity contribution in [1.29, 1.82) is 0 Å². The molecule has 2 N–H and O–H groups in total. The van der Waals surface area contributed by atoms with Gasteiger partial charge >= 0.3 is 0 Å². The molecule has 1 amide bonds. The van der Waals surface area contributed by atoms with E-state index in [9.17, 15) is 4.79 Å². The van der Waals surface area contributed by atoms with Gasteiger partial charge in [0, 0.05) is 13.1 Å². The Morgan fingerprint density at radius 2 is 1.65 bits per heavy atom. The van der Waals surface area contributed by atoms with Crippen molar-refractivity contribution in [2.24, 2.45) is 0 Å². The van der Waals surface area contributed by atoms with Crippen molar-refractivity contribution in [3.63, 3.8) is 0 Å². The monoisotopic (exact) mass is 356 g/mol. The number of anilines is 1. The van der Waals surface area contributed by atoms with Gasteiger partial charge in [-0.1, -0.05) is 6.07 Å². The van der Waals surface area contributed by atoms with Gasteiger partial charge in [0.05, 0.1) is 33.4 Å². The van der Waals surface area contributed by atoms with Crippen LogP contribution in [0.5, 0.6) is 17.2 Å². The summed E-state index contributed by atoms with van der Waals surface area (Å²) < 4.78 is 15.9. The highest BCUT2D eigenvalue weighted by Gasteiger charge is 2.23. The molecule has 1 aliphatic heterocycles. The minimum absolute atomic E-state index is 0.0787. The van der Waals surface area contributed by atoms with Gasteiger partial charge in [-0.2, -0.15) is 0 Å². The lowest BCUT2D eigenvalue weighted by molar-refractivity contribution is -0.131. The van der Waals surface area contributed by atoms with E-state index < -0.39 is 0 Å². The molecule has 138 valence electrons. The summed E-state index contributed by atoms with van der Waals surface area (Å²) in [6, 6.07) is 9.42. The van der Waals surface area contributed by atoms with Gasteiger partial charge in [-0.3, -0.25) is 4.79 Å². The van der Waals surface area contributed by atoms with Gasteiger partial charge in [0.25, 0.3) is 0 Å². The summed E-state index contributed by atoms with van der Waals surface area (Å²) in [7, 11) is 4.82. The van der Waals surface area contributed by atoms with Crippen molar-refractivity contribution >= 4 is 11.6 Å². The SMILES string of the molecule is COc1ccc(CC(=O)N2CCc3cc(OC)c(OC)cc3C2)cc1N. The number of nitrogen functional groups attached to an aromatic ring is 1. The summed E-state index contributed by atoms with van der Waals surface area (Å²) in [6.07, 6.45) is 1.11. The first-order valence-corrected chi connectivity index (χ1v) is 8.49. The number of nitrogens with zero attached hydrogens (tertiary/aromatic N) is 1. The fourth-order valence-corrected chi connectivity index (χ4v) is 3.28. The minimum Gasteiger partial charge on any atom is -0.495 e. The van der Waals surface area contributed by atoms with Crippen LogP contribution in [-0.2, 0) is 24.2 Å². The number of ether oxygens (including phenoxy) is 3. The third kappa shape index (κ3) is 3.54. The van der Waals surface area contributed by atoms with Gasteiger partial charge in [0.1, 0.15) is 5.75 Å².